The highest BCUT2D eigenvalue weighted by atomic mass is 32.2. The highest BCUT2D eigenvalue weighted by molar-refractivity contribution is 8.00. The zero-order chi connectivity index (χ0) is 22.6. The van der Waals surface area contributed by atoms with Crippen molar-refractivity contribution in [1.29, 1.82) is 0 Å². The fourth-order valence-corrected chi connectivity index (χ4v) is 4.39. The molecule has 0 saturated carbocycles. The van der Waals surface area contributed by atoms with E-state index in [1.54, 1.807) is 7.11 Å². The van der Waals surface area contributed by atoms with Gasteiger partial charge in [-0.3, -0.25) is 9.20 Å². The lowest BCUT2D eigenvalue weighted by molar-refractivity contribution is -0.118. The van der Waals surface area contributed by atoms with Crippen molar-refractivity contribution in [3.63, 3.8) is 0 Å². The number of carbonyl (C=O) groups is 1. The van der Waals surface area contributed by atoms with Crippen LogP contribution in [-0.2, 0) is 11.3 Å². The van der Waals surface area contributed by atoms with Crippen LogP contribution in [0.5, 0.6) is 5.75 Å². The van der Waals surface area contributed by atoms with Crippen molar-refractivity contribution in [2.75, 3.05) is 12.9 Å². The summed E-state index contributed by atoms with van der Waals surface area (Å²) in [4.78, 5) is 17.3. The second-order valence-electron chi connectivity index (χ2n) is 7.37. The van der Waals surface area contributed by atoms with Gasteiger partial charge in [0.25, 0.3) is 0 Å². The predicted molar refractivity (Wildman–Crippen MR) is 129 cm³/mol. The number of benzene rings is 3. The van der Waals surface area contributed by atoms with Crippen LogP contribution >= 0.6 is 11.8 Å². The Hall–Kier alpha value is -3.91. The molecule has 0 aliphatic carbocycles. The van der Waals surface area contributed by atoms with Gasteiger partial charge in [-0.15, -0.1) is 10.2 Å². The van der Waals surface area contributed by atoms with Gasteiger partial charge in [0, 0.05) is 12.1 Å². The highest BCUT2D eigenvalue weighted by Gasteiger charge is 2.17. The molecule has 164 valence electrons. The van der Waals surface area contributed by atoms with Crippen LogP contribution in [0.15, 0.2) is 83.9 Å². The van der Waals surface area contributed by atoms with E-state index in [0.717, 1.165) is 33.7 Å². The van der Waals surface area contributed by atoms with Crippen molar-refractivity contribution in [3.8, 4) is 17.1 Å². The minimum Gasteiger partial charge on any atom is -0.497 e. The first-order chi connectivity index (χ1) is 16.2. The molecule has 0 saturated heterocycles. The molecule has 0 aliphatic heterocycles. The number of para-hydroxylation sites is 2. The number of hydrogen-bond donors (Lipinski definition) is 1. The molecule has 0 unspecified atom stereocenters. The molecule has 0 fully saturated rings. The highest BCUT2D eigenvalue weighted by Crippen LogP contribution is 2.29. The molecular weight excluding hydrogens is 434 g/mol. The van der Waals surface area contributed by atoms with Crippen LogP contribution in [0.25, 0.3) is 28.1 Å². The van der Waals surface area contributed by atoms with Crippen LogP contribution in [0.4, 0.5) is 0 Å². The zero-order valence-electron chi connectivity index (χ0n) is 17.9. The molecule has 5 rings (SSSR count). The van der Waals surface area contributed by atoms with E-state index in [9.17, 15) is 4.79 Å². The summed E-state index contributed by atoms with van der Waals surface area (Å²) in [5.74, 6) is 1.64. The van der Waals surface area contributed by atoms with E-state index < -0.39 is 0 Å². The number of nitrogens with zero attached hydrogens (tertiary/aromatic N) is 4. The van der Waals surface area contributed by atoms with Gasteiger partial charge >= 0.3 is 0 Å². The van der Waals surface area contributed by atoms with Crippen molar-refractivity contribution >= 4 is 34.3 Å². The minimum atomic E-state index is -0.0845. The molecule has 2 aromatic heterocycles. The van der Waals surface area contributed by atoms with Gasteiger partial charge in [0.2, 0.25) is 5.91 Å². The first-order valence-electron chi connectivity index (χ1n) is 10.4. The molecule has 5 aromatic rings. The normalized spacial score (nSPS) is 11.1. The summed E-state index contributed by atoms with van der Waals surface area (Å²) in [7, 11) is 1.62. The maximum absolute atomic E-state index is 12.5. The molecule has 2 heterocycles. The van der Waals surface area contributed by atoms with E-state index in [1.807, 2.05) is 83.3 Å². The number of methoxy groups -OCH3 is 1. The Morgan fingerprint density at radius 1 is 1.00 bits per heavy atom. The quantitative estimate of drug-likeness (QED) is 0.367. The van der Waals surface area contributed by atoms with Crippen LogP contribution in [0.3, 0.4) is 0 Å². The summed E-state index contributed by atoms with van der Waals surface area (Å²) in [6, 6.07) is 25.4. The van der Waals surface area contributed by atoms with E-state index in [-0.39, 0.29) is 11.7 Å². The van der Waals surface area contributed by atoms with Gasteiger partial charge in [-0.2, -0.15) is 0 Å². The van der Waals surface area contributed by atoms with Crippen LogP contribution in [-0.4, -0.2) is 38.4 Å². The topological polar surface area (TPSA) is 81.4 Å². The summed E-state index contributed by atoms with van der Waals surface area (Å²) in [5, 5.41) is 12.5. The summed E-state index contributed by atoms with van der Waals surface area (Å²) in [5.41, 5.74) is 4.32. The Labute approximate surface area is 194 Å². The van der Waals surface area contributed by atoms with E-state index in [2.05, 4.69) is 15.5 Å². The molecule has 0 atom stereocenters. The molecule has 0 aliphatic rings. The van der Waals surface area contributed by atoms with Crippen molar-refractivity contribution in [3.05, 3.63) is 84.4 Å². The van der Waals surface area contributed by atoms with Crippen LogP contribution in [0.1, 0.15) is 5.56 Å². The fraction of sp³-hybridized carbons (Fsp3) is 0.120. The Bertz CT molecular complexity index is 1440. The number of rotatable bonds is 7. The van der Waals surface area contributed by atoms with Crippen molar-refractivity contribution < 1.29 is 9.53 Å². The van der Waals surface area contributed by atoms with E-state index in [4.69, 9.17) is 9.72 Å². The summed E-state index contributed by atoms with van der Waals surface area (Å²) in [6.07, 6.45) is 0. The molecular formula is C25H21N5O2S. The number of thioether (sulfide) groups is 1. The first kappa shape index (κ1) is 21.0. The zero-order valence-corrected chi connectivity index (χ0v) is 18.7. The van der Waals surface area contributed by atoms with E-state index in [0.29, 0.717) is 17.2 Å². The molecule has 3 aromatic carbocycles. The average Bonchev–Trinajstić information content (AvgIpc) is 3.32. The largest absolute Gasteiger partial charge is 0.497 e. The Morgan fingerprint density at radius 2 is 1.82 bits per heavy atom. The Balaban J connectivity index is 1.40. The predicted octanol–water partition coefficient (Wildman–Crippen LogP) is 4.36. The van der Waals surface area contributed by atoms with Crippen molar-refractivity contribution in [2.24, 2.45) is 0 Å². The number of nitrogens with one attached hydrogen (secondary N) is 1. The summed E-state index contributed by atoms with van der Waals surface area (Å²) in [6.45, 7) is 0.431. The lowest BCUT2D eigenvalue weighted by Crippen LogP contribution is -2.24. The van der Waals surface area contributed by atoms with Gasteiger partial charge in [0.05, 0.1) is 23.9 Å². The number of ether oxygens (including phenoxy) is 1. The molecule has 8 heteroatoms. The molecule has 1 amide bonds. The van der Waals surface area contributed by atoms with Gasteiger partial charge < -0.3 is 10.1 Å². The van der Waals surface area contributed by atoms with Gasteiger partial charge in [-0.1, -0.05) is 66.4 Å². The fourth-order valence-electron chi connectivity index (χ4n) is 3.60. The van der Waals surface area contributed by atoms with E-state index >= 15 is 0 Å². The average molecular weight is 456 g/mol. The third kappa shape index (κ3) is 4.38. The van der Waals surface area contributed by atoms with Crippen molar-refractivity contribution in [1.82, 2.24) is 24.9 Å². The summed E-state index contributed by atoms with van der Waals surface area (Å²) < 4.78 is 7.24. The molecule has 1 N–H and O–H groups in total. The van der Waals surface area contributed by atoms with E-state index in [1.165, 1.54) is 11.8 Å². The third-order valence-electron chi connectivity index (χ3n) is 5.19. The van der Waals surface area contributed by atoms with Gasteiger partial charge in [-0.25, -0.2) is 4.98 Å². The van der Waals surface area contributed by atoms with Gasteiger partial charge in [0.15, 0.2) is 11.5 Å². The molecule has 0 radical (unpaired) electrons. The minimum absolute atomic E-state index is 0.0845. The van der Waals surface area contributed by atoms with Gasteiger partial charge in [0.1, 0.15) is 10.8 Å². The van der Waals surface area contributed by atoms with Crippen molar-refractivity contribution in [2.45, 2.75) is 11.6 Å². The maximum Gasteiger partial charge on any atom is 0.230 e. The Kier molecular flexibility index (Phi) is 5.91. The number of hydrogen-bond acceptors (Lipinski definition) is 6. The first-order valence-corrected chi connectivity index (χ1v) is 11.4. The second kappa shape index (κ2) is 9.30. The summed E-state index contributed by atoms with van der Waals surface area (Å²) >= 11 is 1.35. The second-order valence-corrected chi connectivity index (χ2v) is 8.34. The maximum atomic E-state index is 12.5. The van der Waals surface area contributed by atoms with Crippen LogP contribution < -0.4 is 10.1 Å². The number of aromatic nitrogens is 4. The molecule has 33 heavy (non-hydrogen) atoms. The number of carbonyl (C=O) groups excluding carboxylic acids is 1. The van der Waals surface area contributed by atoms with Gasteiger partial charge in [-0.05, 0) is 29.8 Å². The number of fused-ring (bicyclic) bond motifs is 3. The molecule has 0 bridgehead atoms. The lowest BCUT2D eigenvalue weighted by Gasteiger charge is -2.09. The Morgan fingerprint density at radius 3 is 2.67 bits per heavy atom. The van der Waals surface area contributed by atoms with Crippen LogP contribution in [0, 0.1) is 0 Å². The third-order valence-corrected chi connectivity index (χ3v) is 6.15. The smallest absolute Gasteiger partial charge is 0.230 e. The molecule has 7 nitrogen and oxygen atoms in total. The monoisotopic (exact) mass is 455 g/mol. The molecule has 0 spiro atoms. The SMILES string of the molecule is COc1cccc(CNC(=O)CSc2nc3ccccc3n3c(-c4ccccc4)nnc23)c1. The lowest BCUT2D eigenvalue weighted by atomic mass is 10.2. The van der Waals surface area contributed by atoms with Crippen LogP contribution in [0.2, 0.25) is 0 Å². The number of amides is 1. The standard InChI is InChI=1S/C25H21N5O2S/c1-32-19-11-7-8-17(14-19)15-26-22(31)16-33-25-24-29-28-23(18-9-3-2-4-10-18)30(24)21-13-6-5-12-20(21)27-25/h2-14H,15-16H2,1H3,(H,26,31).